The van der Waals surface area contributed by atoms with Gasteiger partial charge in [-0.3, -0.25) is 0 Å². The second-order valence-corrected chi connectivity index (χ2v) is 4.13. The molecule has 0 saturated carbocycles. The minimum Gasteiger partial charge on any atom is -0.380 e. The van der Waals surface area contributed by atoms with Gasteiger partial charge in [-0.05, 0) is 19.4 Å². The molecule has 0 bridgehead atoms. The standard InChI is InChI=1S/C11H18N4O/c1-8-3-4-13-11(14-8)15-7-10(16-2)5-9(15)6-12/h3-4,9-10H,5-7,12H2,1-2H3/t9-,10-/m1/s1. The molecule has 0 aliphatic carbocycles. The van der Waals surface area contributed by atoms with Crippen LogP contribution in [0.25, 0.3) is 0 Å². The number of hydrogen-bond donors (Lipinski definition) is 1. The highest BCUT2D eigenvalue weighted by Gasteiger charge is 2.32. The van der Waals surface area contributed by atoms with E-state index in [2.05, 4.69) is 14.9 Å². The minimum atomic E-state index is 0.234. The SMILES string of the molecule is CO[C@@H]1C[C@H](CN)N(c2nccc(C)n2)C1. The fourth-order valence-electron chi connectivity index (χ4n) is 2.09. The molecule has 0 unspecified atom stereocenters. The molecular formula is C11H18N4O. The van der Waals surface area contributed by atoms with Crippen molar-refractivity contribution in [3.05, 3.63) is 18.0 Å². The van der Waals surface area contributed by atoms with Crippen LogP contribution in [0.2, 0.25) is 0 Å². The van der Waals surface area contributed by atoms with Crippen LogP contribution in [-0.4, -0.2) is 42.3 Å². The molecule has 0 radical (unpaired) electrons. The van der Waals surface area contributed by atoms with E-state index in [1.807, 2.05) is 13.0 Å². The van der Waals surface area contributed by atoms with Crippen molar-refractivity contribution in [3.8, 4) is 0 Å². The van der Waals surface area contributed by atoms with Crippen LogP contribution in [-0.2, 0) is 4.74 Å². The Morgan fingerprint density at radius 2 is 2.44 bits per heavy atom. The third kappa shape index (κ3) is 2.15. The van der Waals surface area contributed by atoms with Gasteiger partial charge in [-0.15, -0.1) is 0 Å². The van der Waals surface area contributed by atoms with Crippen LogP contribution in [0, 0.1) is 6.92 Å². The lowest BCUT2D eigenvalue weighted by atomic mass is 10.2. The van der Waals surface area contributed by atoms with Crippen LogP contribution in [0.4, 0.5) is 5.95 Å². The molecule has 1 fully saturated rings. The lowest BCUT2D eigenvalue weighted by Crippen LogP contribution is -2.36. The van der Waals surface area contributed by atoms with E-state index in [4.69, 9.17) is 10.5 Å². The number of nitrogens with zero attached hydrogens (tertiary/aromatic N) is 3. The smallest absolute Gasteiger partial charge is 0.225 e. The van der Waals surface area contributed by atoms with Gasteiger partial charge in [-0.2, -0.15) is 0 Å². The molecule has 88 valence electrons. The summed E-state index contributed by atoms with van der Waals surface area (Å²) in [4.78, 5) is 10.9. The normalized spacial score (nSPS) is 25.1. The van der Waals surface area contributed by atoms with E-state index in [0.717, 1.165) is 24.6 Å². The van der Waals surface area contributed by atoms with Crippen molar-refractivity contribution >= 4 is 5.95 Å². The van der Waals surface area contributed by atoms with E-state index in [0.29, 0.717) is 6.54 Å². The molecule has 5 nitrogen and oxygen atoms in total. The third-order valence-electron chi connectivity index (χ3n) is 3.02. The molecule has 1 saturated heterocycles. The quantitative estimate of drug-likeness (QED) is 0.799. The summed E-state index contributed by atoms with van der Waals surface area (Å²) in [6.07, 6.45) is 2.97. The Morgan fingerprint density at radius 1 is 1.62 bits per heavy atom. The van der Waals surface area contributed by atoms with Gasteiger partial charge in [0.2, 0.25) is 5.95 Å². The largest absolute Gasteiger partial charge is 0.380 e. The third-order valence-corrected chi connectivity index (χ3v) is 3.02. The molecular weight excluding hydrogens is 204 g/mol. The monoisotopic (exact) mass is 222 g/mol. The number of anilines is 1. The highest BCUT2D eigenvalue weighted by molar-refractivity contribution is 5.35. The second-order valence-electron chi connectivity index (χ2n) is 4.13. The van der Waals surface area contributed by atoms with Gasteiger partial charge >= 0.3 is 0 Å². The van der Waals surface area contributed by atoms with E-state index in [1.165, 1.54) is 0 Å². The maximum Gasteiger partial charge on any atom is 0.225 e. The number of aromatic nitrogens is 2. The Bertz CT molecular complexity index is 358. The Kier molecular flexibility index (Phi) is 3.36. The molecule has 2 rings (SSSR count). The predicted octanol–water partition coefficient (Wildman–Crippen LogP) is 0.337. The lowest BCUT2D eigenvalue weighted by molar-refractivity contribution is 0.118. The van der Waals surface area contributed by atoms with Crippen molar-refractivity contribution in [1.82, 2.24) is 9.97 Å². The Morgan fingerprint density at radius 3 is 3.06 bits per heavy atom. The summed E-state index contributed by atoms with van der Waals surface area (Å²) in [6, 6.07) is 2.18. The summed E-state index contributed by atoms with van der Waals surface area (Å²) in [5.41, 5.74) is 6.74. The molecule has 1 aromatic rings. The number of nitrogens with two attached hydrogens (primary N) is 1. The fraction of sp³-hybridized carbons (Fsp3) is 0.636. The maximum absolute atomic E-state index is 5.76. The first kappa shape index (κ1) is 11.3. The second kappa shape index (κ2) is 4.76. The minimum absolute atomic E-state index is 0.234. The van der Waals surface area contributed by atoms with Crippen LogP contribution in [0.15, 0.2) is 12.3 Å². The first-order valence-electron chi connectivity index (χ1n) is 5.53. The van der Waals surface area contributed by atoms with Gasteiger partial charge < -0.3 is 15.4 Å². The van der Waals surface area contributed by atoms with Crippen molar-refractivity contribution in [3.63, 3.8) is 0 Å². The molecule has 1 aliphatic rings. The maximum atomic E-state index is 5.76. The van der Waals surface area contributed by atoms with Gasteiger partial charge in [0.1, 0.15) is 0 Å². The summed E-state index contributed by atoms with van der Waals surface area (Å²) in [5.74, 6) is 0.759. The van der Waals surface area contributed by atoms with Crippen molar-refractivity contribution in [2.24, 2.45) is 5.73 Å². The number of aryl methyl sites for hydroxylation is 1. The zero-order valence-electron chi connectivity index (χ0n) is 9.76. The molecule has 2 heterocycles. The lowest BCUT2D eigenvalue weighted by Gasteiger charge is -2.22. The summed E-state index contributed by atoms with van der Waals surface area (Å²) < 4.78 is 5.37. The molecule has 0 aromatic carbocycles. The molecule has 16 heavy (non-hydrogen) atoms. The van der Waals surface area contributed by atoms with E-state index in [1.54, 1.807) is 13.3 Å². The number of hydrogen-bond acceptors (Lipinski definition) is 5. The molecule has 0 spiro atoms. The van der Waals surface area contributed by atoms with Crippen LogP contribution in [0.3, 0.4) is 0 Å². The molecule has 1 aromatic heterocycles. The predicted molar refractivity (Wildman–Crippen MR) is 62.4 cm³/mol. The van der Waals surface area contributed by atoms with Crippen LogP contribution >= 0.6 is 0 Å². The van der Waals surface area contributed by atoms with Gasteiger partial charge in [-0.25, -0.2) is 9.97 Å². The Balaban J connectivity index is 2.19. The first-order chi connectivity index (χ1) is 7.74. The fourth-order valence-corrected chi connectivity index (χ4v) is 2.09. The van der Waals surface area contributed by atoms with Crippen LogP contribution < -0.4 is 10.6 Å². The average Bonchev–Trinajstić information content (AvgIpc) is 2.72. The number of rotatable bonds is 3. The summed E-state index contributed by atoms with van der Waals surface area (Å²) in [7, 11) is 1.73. The molecule has 1 aliphatic heterocycles. The van der Waals surface area contributed by atoms with Crippen molar-refractivity contribution in [2.75, 3.05) is 25.1 Å². The Labute approximate surface area is 95.6 Å². The van der Waals surface area contributed by atoms with E-state index in [-0.39, 0.29) is 12.1 Å². The zero-order chi connectivity index (χ0) is 11.5. The summed E-state index contributed by atoms with van der Waals surface area (Å²) >= 11 is 0. The summed E-state index contributed by atoms with van der Waals surface area (Å²) in [6.45, 7) is 3.39. The zero-order valence-corrected chi connectivity index (χ0v) is 9.76. The number of methoxy groups -OCH3 is 1. The van der Waals surface area contributed by atoms with E-state index in [9.17, 15) is 0 Å². The molecule has 0 amide bonds. The topological polar surface area (TPSA) is 64.3 Å². The van der Waals surface area contributed by atoms with Crippen molar-refractivity contribution in [1.29, 1.82) is 0 Å². The average molecular weight is 222 g/mol. The van der Waals surface area contributed by atoms with Gasteiger partial charge in [0.25, 0.3) is 0 Å². The van der Waals surface area contributed by atoms with Gasteiger partial charge in [-0.1, -0.05) is 0 Å². The van der Waals surface area contributed by atoms with Crippen LogP contribution in [0.1, 0.15) is 12.1 Å². The summed E-state index contributed by atoms with van der Waals surface area (Å²) in [5, 5.41) is 0. The van der Waals surface area contributed by atoms with E-state index >= 15 is 0 Å². The van der Waals surface area contributed by atoms with Crippen molar-refractivity contribution < 1.29 is 4.74 Å². The molecule has 2 atom stereocenters. The highest BCUT2D eigenvalue weighted by Crippen LogP contribution is 2.23. The highest BCUT2D eigenvalue weighted by atomic mass is 16.5. The Hall–Kier alpha value is -1.20. The first-order valence-corrected chi connectivity index (χ1v) is 5.53. The van der Waals surface area contributed by atoms with Crippen LogP contribution in [0.5, 0.6) is 0 Å². The van der Waals surface area contributed by atoms with Gasteiger partial charge in [0, 0.05) is 38.1 Å². The van der Waals surface area contributed by atoms with E-state index < -0.39 is 0 Å². The molecule has 5 heteroatoms. The van der Waals surface area contributed by atoms with Gasteiger partial charge in [0.05, 0.1) is 6.10 Å². The van der Waals surface area contributed by atoms with Crippen molar-refractivity contribution in [2.45, 2.75) is 25.5 Å². The molecule has 2 N–H and O–H groups in total. The van der Waals surface area contributed by atoms with Gasteiger partial charge in [0.15, 0.2) is 0 Å². The number of ether oxygens (including phenoxy) is 1.